The number of hydrogen-bond donors (Lipinski definition) is 2. The minimum absolute atomic E-state index is 0.0798. The SMILES string of the molecule is C/C=C/c1ccc([C@H]2[C@@H](CNCC)N(c3nc(C)c(C)s3)[C@H]2CO)cc1. The molecular weight excluding hydrogens is 342 g/mol. The lowest BCUT2D eigenvalue weighted by Crippen LogP contribution is -2.67. The van der Waals surface area contributed by atoms with Gasteiger partial charge in [0, 0.05) is 17.3 Å². The zero-order chi connectivity index (χ0) is 18.7. The third-order valence-corrected chi connectivity index (χ3v) is 6.34. The van der Waals surface area contributed by atoms with Gasteiger partial charge in [-0.15, -0.1) is 11.3 Å². The van der Waals surface area contributed by atoms with Gasteiger partial charge in [0.25, 0.3) is 0 Å². The molecule has 0 aliphatic carbocycles. The van der Waals surface area contributed by atoms with Crippen LogP contribution in [0.5, 0.6) is 0 Å². The third-order valence-electron chi connectivity index (χ3n) is 5.25. The lowest BCUT2D eigenvalue weighted by molar-refractivity contribution is 0.167. The minimum Gasteiger partial charge on any atom is -0.394 e. The van der Waals surface area contributed by atoms with E-state index in [1.165, 1.54) is 16.0 Å². The molecule has 2 heterocycles. The number of aliphatic hydroxyl groups excluding tert-OH is 1. The first-order valence-electron chi connectivity index (χ1n) is 9.37. The van der Waals surface area contributed by atoms with E-state index in [9.17, 15) is 5.11 Å². The Morgan fingerprint density at radius 2 is 1.96 bits per heavy atom. The van der Waals surface area contributed by atoms with Crippen molar-refractivity contribution in [3.05, 3.63) is 52.0 Å². The van der Waals surface area contributed by atoms with Crippen molar-refractivity contribution in [1.82, 2.24) is 10.3 Å². The number of thiazole rings is 1. The Morgan fingerprint density at radius 3 is 2.50 bits per heavy atom. The quantitative estimate of drug-likeness (QED) is 0.778. The van der Waals surface area contributed by atoms with Crippen LogP contribution in [0.25, 0.3) is 6.08 Å². The van der Waals surface area contributed by atoms with Crippen molar-refractivity contribution in [2.24, 2.45) is 0 Å². The fourth-order valence-electron chi connectivity index (χ4n) is 3.78. The van der Waals surface area contributed by atoms with Crippen LogP contribution in [0.2, 0.25) is 0 Å². The first kappa shape index (κ1) is 19.1. The molecule has 5 heteroatoms. The van der Waals surface area contributed by atoms with Gasteiger partial charge in [-0.05, 0) is 38.4 Å². The topological polar surface area (TPSA) is 48.4 Å². The van der Waals surface area contributed by atoms with Crippen molar-refractivity contribution in [2.45, 2.75) is 45.7 Å². The van der Waals surface area contributed by atoms with Gasteiger partial charge in [0.1, 0.15) is 0 Å². The number of aryl methyl sites for hydroxylation is 2. The predicted molar refractivity (Wildman–Crippen MR) is 111 cm³/mol. The Morgan fingerprint density at radius 1 is 1.23 bits per heavy atom. The van der Waals surface area contributed by atoms with E-state index in [-0.39, 0.29) is 12.6 Å². The largest absolute Gasteiger partial charge is 0.394 e. The fourth-order valence-corrected chi connectivity index (χ4v) is 4.81. The maximum atomic E-state index is 10.1. The van der Waals surface area contributed by atoms with Crippen LogP contribution in [0.1, 0.15) is 41.5 Å². The smallest absolute Gasteiger partial charge is 0.186 e. The van der Waals surface area contributed by atoms with Crippen LogP contribution >= 0.6 is 11.3 Å². The van der Waals surface area contributed by atoms with Gasteiger partial charge in [0.05, 0.1) is 24.4 Å². The van der Waals surface area contributed by atoms with Crippen LogP contribution in [-0.2, 0) is 0 Å². The second-order valence-corrected chi connectivity index (χ2v) is 8.04. The molecule has 140 valence electrons. The minimum atomic E-state index is 0.0798. The van der Waals surface area contributed by atoms with Crippen LogP contribution in [0.15, 0.2) is 30.3 Å². The fraction of sp³-hybridized carbons (Fsp3) is 0.476. The molecule has 0 radical (unpaired) electrons. The van der Waals surface area contributed by atoms with Gasteiger partial charge in [0.2, 0.25) is 0 Å². The molecule has 1 aromatic carbocycles. The van der Waals surface area contributed by atoms with E-state index in [1.54, 1.807) is 11.3 Å². The van der Waals surface area contributed by atoms with Crippen molar-refractivity contribution < 1.29 is 5.11 Å². The molecule has 1 aromatic heterocycles. The molecule has 0 bridgehead atoms. The average molecular weight is 372 g/mol. The Hall–Kier alpha value is -1.69. The molecule has 1 fully saturated rings. The highest BCUT2D eigenvalue weighted by molar-refractivity contribution is 7.15. The monoisotopic (exact) mass is 371 g/mol. The zero-order valence-electron chi connectivity index (χ0n) is 16.1. The molecule has 2 N–H and O–H groups in total. The number of nitrogens with one attached hydrogen (secondary N) is 1. The summed E-state index contributed by atoms with van der Waals surface area (Å²) in [6.07, 6.45) is 4.16. The number of hydrogen-bond acceptors (Lipinski definition) is 5. The molecule has 0 spiro atoms. The molecule has 1 aliphatic rings. The van der Waals surface area contributed by atoms with Gasteiger partial charge < -0.3 is 15.3 Å². The van der Waals surface area contributed by atoms with Gasteiger partial charge in [0.15, 0.2) is 5.13 Å². The van der Waals surface area contributed by atoms with Crippen LogP contribution in [0.4, 0.5) is 5.13 Å². The van der Waals surface area contributed by atoms with Crippen LogP contribution < -0.4 is 10.2 Å². The molecule has 3 atom stereocenters. The number of anilines is 1. The van der Waals surface area contributed by atoms with Gasteiger partial charge in [-0.25, -0.2) is 4.98 Å². The maximum absolute atomic E-state index is 10.1. The van der Waals surface area contributed by atoms with Crippen molar-refractivity contribution in [1.29, 1.82) is 0 Å². The number of rotatable bonds is 7. The standard InChI is InChI=1S/C21H29N3OS/c1-5-7-16-8-10-17(11-9-16)20-18(12-22-6-2)24(19(20)13-25)21-23-14(3)15(4)26-21/h5,7-11,18-20,22,25H,6,12-13H2,1-4H3/b7-5+/t18-,19+,20+/m1/s1. The van der Waals surface area contributed by atoms with E-state index in [0.717, 1.165) is 23.9 Å². The number of allylic oxidation sites excluding steroid dienone is 1. The van der Waals surface area contributed by atoms with E-state index in [1.807, 2.05) is 6.92 Å². The summed E-state index contributed by atoms with van der Waals surface area (Å²) < 4.78 is 0. The highest BCUT2D eigenvalue weighted by Crippen LogP contribution is 2.45. The summed E-state index contributed by atoms with van der Waals surface area (Å²) >= 11 is 1.73. The molecule has 0 saturated carbocycles. The van der Waals surface area contributed by atoms with Gasteiger partial charge in [-0.1, -0.05) is 43.3 Å². The van der Waals surface area contributed by atoms with Crippen molar-refractivity contribution in [3.63, 3.8) is 0 Å². The summed E-state index contributed by atoms with van der Waals surface area (Å²) in [4.78, 5) is 8.32. The van der Waals surface area contributed by atoms with Crippen LogP contribution in [0, 0.1) is 13.8 Å². The molecule has 2 aromatic rings. The molecule has 0 unspecified atom stereocenters. The van der Waals surface area contributed by atoms with Gasteiger partial charge >= 0.3 is 0 Å². The van der Waals surface area contributed by atoms with E-state index in [0.29, 0.717) is 12.0 Å². The summed E-state index contributed by atoms with van der Waals surface area (Å²) in [5.74, 6) is 0.309. The first-order valence-corrected chi connectivity index (χ1v) is 10.2. The Balaban J connectivity index is 1.90. The molecule has 1 aliphatic heterocycles. The highest BCUT2D eigenvalue weighted by atomic mass is 32.1. The summed E-state index contributed by atoms with van der Waals surface area (Å²) in [5, 5.41) is 14.6. The van der Waals surface area contributed by atoms with E-state index in [4.69, 9.17) is 4.98 Å². The van der Waals surface area contributed by atoms with Gasteiger partial charge in [-0.3, -0.25) is 0 Å². The molecule has 1 saturated heterocycles. The number of benzene rings is 1. The van der Waals surface area contributed by atoms with Crippen molar-refractivity contribution >= 4 is 22.5 Å². The predicted octanol–water partition coefficient (Wildman–Crippen LogP) is 3.74. The van der Waals surface area contributed by atoms with Crippen LogP contribution in [-0.4, -0.2) is 41.9 Å². The third kappa shape index (κ3) is 3.56. The summed E-state index contributed by atoms with van der Waals surface area (Å²) in [5.41, 5.74) is 3.59. The second kappa shape index (κ2) is 8.33. The number of nitrogens with zero attached hydrogens (tertiary/aromatic N) is 2. The summed E-state index contributed by atoms with van der Waals surface area (Å²) in [6.45, 7) is 10.3. The normalized spacial score (nSPS) is 22.8. The number of aromatic nitrogens is 1. The molecule has 26 heavy (non-hydrogen) atoms. The second-order valence-electron chi connectivity index (χ2n) is 6.86. The molecule has 3 rings (SSSR count). The maximum Gasteiger partial charge on any atom is 0.186 e. The summed E-state index contributed by atoms with van der Waals surface area (Å²) in [7, 11) is 0. The Bertz CT molecular complexity index is 734. The lowest BCUT2D eigenvalue weighted by Gasteiger charge is -2.55. The van der Waals surface area contributed by atoms with E-state index >= 15 is 0 Å². The summed E-state index contributed by atoms with van der Waals surface area (Å²) in [6, 6.07) is 9.12. The highest BCUT2D eigenvalue weighted by Gasteiger charge is 2.49. The van der Waals surface area contributed by atoms with Crippen molar-refractivity contribution in [2.75, 3.05) is 24.6 Å². The first-order chi connectivity index (χ1) is 12.6. The van der Waals surface area contributed by atoms with Gasteiger partial charge in [-0.2, -0.15) is 0 Å². The van der Waals surface area contributed by atoms with E-state index in [2.05, 4.69) is 67.4 Å². The van der Waals surface area contributed by atoms with Crippen molar-refractivity contribution in [3.8, 4) is 0 Å². The number of aliphatic hydroxyl groups is 1. The van der Waals surface area contributed by atoms with Crippen LogP contribution in [0.3, 0.4) is 0 Å². The number of likely N-dealkylation sites (N-methyl/N-ethyl adjacent to an activating group) is 1. The molecule has 4 nitrogen and oxygen atoms in total. The lowest BCUT2D eigenvalue weighted by atomic mass is 9.75. The zero-order valence-corrected chi connectivity index (χ0v) is 16.9. The molecule has 0 amide bonds. The molecular formula is C21H29N3OS. The Labute approximate surface area is 160 Å². The average Bonchev–Trinajstić information content (AvgIpc) is 2.94. The Kier molecular flexibility index (Phi) is 6.12. The van der Waals surface area contributed by atoms with E-state index < -0.39 is 0 Å².